The molecule has 0 saturated carbocycles. The average molecular weight is 401 g/mol. The van der Waals surface area contributed by atoms with E-state index in [1.165, 1.54) is 37.9 Å². The van der Waals surface area contributed by atoms with Crippen LogP contribution in [-0.4, -0.2) is 23.9 Å². The molecule has 0 bridgehead atoms. The van der Waals surface area contributed by atoms with Crippen LogP contribution in [0.15, 0.2) is 78.9 Å². The lowest BCUT2D eigenvalue weighted by Gasteiger charge is -2.26. The molecule has 1 aliphatic heterocycles. The minimum Gasteiger partial charge on any atom is -0.489 e. The standard InChI is InChI=1S/C26H28N2O2/c29-26(23-11-9-21(10-12-23)19-28-17-5-2-6-18-28)27-24-13-15-25(16-14-24)30-20-22-7-3-1-4-8-22/h1,3-4,7-16H,2,5-6,17-20H2,(H,27,29). The molecule has 0 aromatic heterocycles. The normalized spacial score (nSPS) is 14.3. The first-order chi connectivity index (χ1) is 14.8. The van der Waals surface area contributed by atoms with E-state index in [1.54, 1.807) is 0 Å². The molecule has 154 valence electrons. The Morgan fingerprint density at radius 2 is 1.50 bits per heavy atom. The fraction of sp³-hybridized carbons (Fsp3) is 0.269. The summed E-state index contributed by atoms with van der Waals surface area (Å²) in [6, 6.07) is 25.5. The number of rotatable bonds is 7. The Labute approximate surface area is 178 Å². The zero-order valence-electron chi connectivity index (χ0n) is 17.2. The van der Waals surface area contributed by atoms with Crippen LogP contribution in [0.1, 0.15) is 40.7 Å². The first kappa shape index (κ1) is 20.2. The minimum atomic E-state index is -0.0996. The number of amides is 1. The van der Waals surface area contributed by atoms with Gasteiger partial charge >= 0.3 is 0 Å². The Morgan fingerprint density at radius 3 is 2.20 bits per heavy atom. The second-order valence-electron chi connectivity index (χ2n) is 7.79. The molecule has 1 fully saturated rings. The molecule has 1 aliphatic rings. The molecule has 30 heavy (non-hydrogen) atoms. The molecule has 1 heterocycles. The molecule has 1 saturated heterocycles. The van der Waals surface area contributed by atoms with Gasteiger partial charge in [-0.1, -0.05) is 48.9 Å². The molecule has 3 aromatic carbocycles. The zero-order chi connectivity index (χ0) is 20.6. The number of anilines is 1. The number of likely N-dealkylation sites (tertiary alicyclic amines) is 1. The van der Waals surface area contributed by atoms with E-state index in [9.17, 15) is 4.79 Å². The van der Waals surface area contributed by atoms with E-state index in [2.05, 4.69) is 22.3 Å². The van der Waals surface area contributed by atoms with Crippen molar-refractivity contribution in [3.05, 3.63) is 95.6 Å². The lowest BCUT2D eigenvalue weighted by Crippen LogP contribution is -2.29. The number of hydrogen-bond acceptors (Lipinski definition) is 3. The average Bonchev–Trinajstić information content (AvgIpc) is 2.80. The number of nitrogens with one attached hydrogen (secondary N) is 1. The molecule has 4 heteroatoms. The van der Waals surface area contributed by atoms with Crippen LogP contribution < -0.4 is 10.1 Å². The summed E-state index contributed by atoms with van der Waals surface area (Å²) in [5, 5.41) is 2.96. The quantitative estimate of drug-likeness (QED) is 0.569. The Kier molecular flexibility index (Phi) is 6.78. The van der Waals surface area contributed by atoms with E-state index in [-0.39, 0.29) is 5.91 Å². The summed E-state index contributed by atoms with van der Waals surface area (Å²) in [6.45, 7) is 3.84. The van der Waals surface area contributed by atoms with Crippen LogP contribution in [0.2, 0.25) is 0 Å². The Morgan fingerprint density at radius 1 is 0.800 bits per heavy atom. The van der Waals surface area contributed by atoms with Crippen LogP contribution in [0.4, 0.5) is 5.69 Å². The summed E-state index contributed by atoms with van der Waals surface area (Å²) in [5.41, 5.74) is 3.80. The van der Waals surface area contributed by atoms with Crippen molar-refractivity contribution >= 4 is 11.6 Å². The molecular weight excluding hydrogens is 372 g/mol. The molecule has 0 atom stereocenters. The molecule has 0 radical (unpaired) electrons. The lowest BCUT2D eigenvalue weighted by atomic mass is 10.1. The monoisotopic (exact) mass is 400 g/mol. The highest BCUT2D eigenvalue weighted by Crippen LogP contribution is 2.18. The first-order valence-electron chi connectivity index (χ1n) is 10.7. The van der Waals surface area contributed by atoms with Gasteiger partial charge in [-0.05, 0) is 73.5 Å². The third-order valence-electron chi connectivity index (χ3n) is 5.43. The van der Waals surface area contributed by atoms with E-state index < -0.39 is 0 Å². The highest BCUT2D eigenvalue weighted by Gasteiger charge is 2.11. The molecule has 4 nitrogen and oxygen atoms in total. The molecule has 3 aromatic rings. The van der Waals surface area contributed by atoms with Gasteiger partial charge in [0, 0.05) is 17.8 Å². The maximum atomic E-state index is 12.6. The maximum Gasteiger partial charge on any atom is 0.255 e. The molecule has 1 amide bonds. The van der Waals surface area contributed by atoms with Crippen molar-refractivity contribution < 1.29 is 9.53 Å². The van der Waals surface area contributed by atoms with Crippen molar-refractivity contribution in [1.29, 1.82) is 0 Å². The Bertz CT molecular complexity index is 931. The second kappa shape index (κ2) is 10.1. The van der Waals surface area contributed by atoms with Crippen molar-refractivity contribution in [1.82, 2.24) is 4.90 Å². The summed E-state index contributed by atoms with van der Waals surface area (Å²) in [5.74, 6) is 0.677. The van der Waals surface area contributed by atoms with E-state index >= 15 is 0 Å². The molecule has 0 unspecified atom stereocenters. The third kappa shape index (κ3) is 5.71. The van der Waals surface area contributed by atoms with Crippen molar-refractivity contribution in [3.63, 3.8) is 0 Å². The smallest absolute Gasteiger partial charge is 0.255 e. The maximum absolute atomic E-state index is 12.6. The van der Waals surface area contributed by atoms with Crippen LogP contribution in [0.3, 0.4) is 0 Å². The van der Waals surface area contributed by atoms with Gasteiger partial charge < -0.3 is 10.1 Å². The number of hydrogen-bond donors (Lipinski definition) is 1. The topological polar surface area (TPSA) is 41.6 Å². The van der Waals surface area contributed by atoms with Gasteiger partial charge in [-0.15, -0.1) is 0 Å². The summed E-state index contributed by atoms with van der Waals surface area (Å²) in [7, 11) is 0. The van der Waals surface area contributed by atoms with Crippen LogP contribution in [0.25, 0.3) is 0 Å². The van der Waals surface area contributed by atoms with Crippen molar-refractivity contribution in [3.8, 4) is 5.75 Å². The zero-order valence-corrected chi connectivity index (χ0v) is 17.2. The van der Waals surface area contributed by atoms with Gasteiger partial charge in [0.1, 0.15) is 12.4 Å². The van der Waals surface area contributed by atoms with Crippen LogP contribution in [0.5, 0.6) is 5.75 Å². The van der Waals surface area contributed by atoms with E-state index in [0.29, 0.717) is 12.2 Å². The largest absolute Gasteiger partial charge is 0.489 e. The predicted molar refractivity (Wildman–Crippen MR) is 121 cm³/mol. The van der Waals surface area contributed by atoms with Gasteiger partial charge in [-0.2, -0.15) is 0 Å². The SMILES string of the molecule is O=C(Nc1ccc(OCc2ccccc2)cc1)c1ccc(CN2CCCCC2)cc1. The summed E-state index contributed by atoms with van der Waals surface area (Å²) in [6.07, 6.45) is 3.92. The van der Waals surface area contributed by atoms with Gasteiger partial charge in [-0.25, -0.2) is 0 Å². The Balaban J connectivity index is 1.28. The van der Waals surface area contributed by atoms with Gasteiger partial charge in [0.15, 0.2) is 0 Å². The van der Waals surface area contributed by atoms with Crippen LogP contribution >= 0.6 is 0 Å². The predicted octanol–water partition coefficient (Wildman–Crippen LogP) is 5.50. The van der Waals surface area contributed by atoms with Crippen molar-refractivity contribution in [2.45, 2.75) is 32.4 Å². The van der Waals surface area contributed by atoms with Gasteiger partial charge in [0.2, 0.25) is 0 Å². The van der Waals surface area contributed by atoms with E-state index in [0.717, 1.165) is 23.5 Å². The summed E-state index contributed by atoms with van der Waals surface area (Å²) < 4.78 is 5.80. The lowest BCUT2D eigenvalue weighted by molar-refractivity contribution is 0.102. The molecule has 0 aliphatic carbocycles. The third-order valence-corrected chi connectivity index (χ3v) is 5.43. The molecule has 4 rings (SSSR count). The number of nitrogens with zero attached hydrogens (tertiary/aromatic N) is 1. The fourth-order valence-electron chi connectivity index (χ4n) is 3.72. The first-order valence-corrected chi connectivity index (χ1v) is 10.7. The number of benzene rings is 3. The van der Waals surface area contributed by atoms with Crippen LogP contribution in [0, 0.1) is 0 Å². The van der Waals surface area contributed by atoms with E-state index in [1.807, 2.05) is 66.7 Å². The highest BCUT2D eigenvalue weighted by atomic mass is 16.5. The minimum absolute atomic E-state index is 0.0996. The number of carbonyl (C=O) groups excluding carboxylic acids is 1. The fourth-order valence-corrected chi connectivity index (χ4v) is 3.72. The number of piperidine rings is 1. The van der Waals surface area contributed by atoms with E-state index in [4.69, 9.17) is 4.74 Å². The van der Waals surface area contributed by atoms with Gasteiger partial charge in [0.25, 0.3) is 5.91 Å². The van der Waals surface area contributed by atoms with Crippen molar-refractivity contribution in [2.24, 2.45) is 0 Å². The van der Waals surface area contributed by atoms with Crippen molar-refractivity contribution in [2.75, 3.05) is 18.4 Å². The molecule has 1 N–H and O–H groups in total. The summed E-state index contributed by atoms with van der Waals surface area (Å²) >= 11 is 0. The highest BCUT2D eigenvalue weighted by molar-refractivity contribution is 6.04. The summed E-state index contributed by atoms with van der Waals surface area (Å²) in [4.78, 5) is 15.0. The molecule has 0 spiro atoms. The Hall–Kier alpha value is -3.11. The number of ether oxygens (including phenoxy) is 1. The molecular formula is C26H28N2O2. The second-order valence-corrected chi connectivity index (χ2v) is 7.79. The number of carbonyl (C=O) groups is 1. The van der Waals surface area contributed by atoms with Crippen LogP contribution in [-0.2, 0) is 13.2 Å². The van der Waals surface area contributed by atoms with Gasteiger partial charge in [0.05, 0.1) is 0 Å². The van der Waals surface area contributed by atoms with Gasteiger partial charge in [-0.3, -0.25) is 9.69 Å².